The summed E-state index contributed by atoms with van der Waals surface area (Å²) in [6, 6.07) is 12.1. The lowest BCUT2D eigenvalue weighted by Gasteiger charge is -2.11. The second kappa shape index (κ2) is 7.80. The molecule has 0 atom stereocenters. The molecule has 4 nitrogen and oxygen atoms in total. The molecule has 0 amide bonds. The summed E-state index contributed by atoms with van der Waals surface area (Å²) in [4.78, 5) is 12.1. The van der Waals surface area contributed by atoms with E-state index in [9.17, 15) is 9.18 Å². The number of carbonyl (C=O) groups excluding carboxylic acids is 1. The zero-order valence-electron chi connectivity index (χ0n) is 13.7. The molecule has 5 heteroatoms. The quantitative estimate of drug-likeness (QED) is 0.595. The number of benzene rings is 2. The normalized spacial score (nSPS) is 14.1. The van der Waals surface area contributed by atoms with Crippen molar-refractivity contribution in [3.05, 3.63) is 59.4 Å². The van der Waals surface area contributed by atoms with Gasteiger partial charge in [0.15, 0.2) is 0 Å². The standard InChI is InChI=1S/C20H18FNO3/c21-19-11-18(10-7-16(19)12-22)25-20(23)15-5-8-17(9-6-15)24-13-14-3-1-2-4-14/h5-11,14H,1-4,13H2. The van der Waals surface area contributed by atoms with Crippen molar-refractivity contribution in [3.8, 4) is 17.6 Å². The lowest BCUT2D eigenvalue weighted by molar-refractivity contribution is 0.0734. The first-order valence-electron chi connectivity index (χ1n) is 8.30. The summed E-state index contributed by atoms with van der Waals surface area (Å²) < 4.78 is 24.4. The van der Waals surface area contributed by atoms with Crippen molar-refractivity contribution in [1.82, 2.24) is 0 Å². The van der Waals surface area contributed by atoms with E-state index in [-0.39, 0.29) is 11.3 Å². The smallest absolute Gasteiger partial charge is 0.343 e. The molecular formula is C20H18FNO3. The van der Waals surface area contributed by atoms with Crippen molar-refractivity contribution in [2.24, 2.45) is 5.92 Å². The maximum atomic E-state index is 13.5. The number of halogens is 1. The highest BCUT2D eigenvalue weighted by Crippen LogP contribution is 2.26. The molecule has 1 fully saturated rings. The molecule has 0 aromatic heterocycles. The predicted molar refractivity (Wildman–Crippen MR) is 90.0 cm³/mol. The molecule has 0 spiro atoms. The van der Waals surface area contributed by atoms with Gasteiger partial charge in [-0.05, 0) is 55.2 Å². The lowest BCUT2D eigenvalue weighted by atomic mass is 10.1. The highest BCUT2D eigenvalue weighted by atomic mass is 19.1. The molecule has 0 bridgehead atoms. The molecule has 1 aliphatic rings. The summed E-state index contributed by atoms with van der Waals surface area (Å²) in [6.07, 6.45) is 4.97. The first-order chi connectivity index (χ1) is 12.2. The summed E-state index contributed by atoms with van der Waals surface area (Å²) >= 11 is 0. The molecule has 0 unspecified atom stereocenters. The molecule has 0 aliphatic heterocycles. The van der Waals surface area contributed by atoms with Gasteiger partial charge in [0.1, 0.15) is 23.4 Å². The molecular weight excluding hydrogens is 321 g/mol. The van der Waals surface area contributed by atoms with Crippen LogP contribution in [0.3, 0.4) is 0 Å². The van der Waals surface area contributed by atoms with Gasteiger partial charge in [0.2, 0.25) is 0 Å². The number of hydrogen-bond acceptors (Lipinski definition) is 4. The second-order valence-corrected chi connectivity index (χ2v) is 6.13. The van der Waals surface area contributed by atoms with Crippen LogP contribution in [0.15, 0.2) is 42.5 Å². The van der Waals surface area contributed by atoms with Gasteiger partial charge in [-0.3, -0.25) is 0 Å². The fourth-order valence-electron chi connectivity index (χ4n) is 2.89. The molecule has 0 saturated heterocycles. The van der Waals surface area contributed by atoms with Crippen LogP contribution in [-0.2, 0) is 0 Å². The van der Waals surface area contributed by atoms with E-state index in [1.54, 1.807) is 30.3 Å². The van der Waals surface area contributed by atoms with Crippen molar-refractivity contribution >= 4 is 5.97 Å². The Morgan fingerprint density at radius 1 is 1.12 bits per heavy atom. The average Bonchev–Trinajstić information content (AvgIpc) is 3.14. The Bertz CT molecular complexity index is 790. The molecule has 2 aromatic carbocycles. The first-order valence-corrected chi connectivity index (χ1v) is 8.30. The van der Waals surface area contributed by atoms with Gasteiger partial charge in [-0.15, -0.1) is 0 Å². The van der Waals surface area contributed by atoms with Crippen molar-refractivity contribution in [2.45, 2.75) is 25.7 Å². The van der Waals surface area contributed by atoms with Gasteiger partial charge in [0.25, 0.3) is 0 Å². The molecule has 0 heterocycles. The topological polar surface area (TPSA) is 59.3 Å². The fraction of sp³-hybridized carbons (Fsp3) is 0.300. The zero-order valence-corrected chi connectivity index (χ0v) is 13.7. The van der Waals surface area contributed by atoms with Gasteiger partial charge in [-0.1, -0.05) is 12.8 Å². The summed E-state index contributed by atoms with van der Waals surface area (Å²) in [5.41, 5.74) is 0.251. The molecule has 0 N–H and O–H groups in total. The lowest BCUT2D eigenvalue weighted by Crippen LogP contribution is -2.10. The van der Waals surface area contributed by atoms with E-state index >= 15 is 0 Å². The summed E-state index contributed by atoms with van der Waals surface area (Å²) in [7, 11) is 0. The van der Waals surface area contributed by atoms with Gasteiger partial charge >= 0.3 is 5.97 Å². The van der Waals surface area contributed by atoms with Crippen LogP contribution in [0.5, 0.6) is 11.5 Å². The highest BCUT2D eigenvalue weighted by molar-refractivity contribution is 5.91. The zero-order chi connectivity index (χ0) is 17.6. The van der Waals surface area contributed by atoms with Gasteiger partial charge in [0, 0.05) is 6.07 Å². The Balaban J connectivity index is 1.58. The second-order valence-electron chi connectivity index (χ2n) is 6.13. The number of rotatable bonds is 5. The molecule has 25 heavy (non-hydrogen) atoms. The average molecular weight is 339 g/mol. The third-order valence-electron chi connectivity index (χ3n) is 4.32. The Morgan fingerprint density at radius 3 is 2.44 bits per heavy atom. The van der Waals surface area contributed by atoms with Crippen LogP contribution < -0.4 is 9.47 Å². The Kier molecular flexibility index (Phi) is 5.30. The Labute approximate surface area is 145 Å². The molecule has 2 aromatic rings. The monoisotopic (exact) mass is 339 g/mol. The van der Waals surface area contributed by atoms with Crippen molar-refractivity contribution in [2.75, 3.05) is 6.61 Å². The highest BCUT2D eigenvalue weighted by Gasteiger charge is 2.16. The van der Waals surface area contributed by atoms with Crippen molar-refractivity contribution < 1.29 is 18.7 Å². The number of nitriles is 1. The van der Waals surface area contributed by atoms with E-state index in [1.807, 2.05) is 0 Å². The van der Waals surface area contributed by atoms with E-state index < -0.39 is 11.8 Å². The SMILES string of the molecule is N#Cc1ccc(OC(=O)c2ccc(OCC3CCCC3)cc2)cc1F. The van der Waals surface area contributed by atoms with E-state index in [1.165, 1.54) is 37.8 Å². The number of nitrogens with zero attached hydrogens (tertiary/aromatic N) is 1. The van der Waals surface area contributed by atoms with Crippen LogP contribution in [0.4, 0.5) is 4.39 Å². The first kappa shape index (κ1) is 17.0. The molecule has 3 rings (SSSR count). The van der Waals surface area contributed by atoms with E-state index in [2.05, 4.69) is 0 Å². The predicted octanol–water partition coefficient (Wildman–Crippen LogP) is 4.49. The van der Waals surface area contributed by atoms with Crippen molar-refractivity contribution in [1.29, 1.82) is 5.26 Å². The maximum absolute atomic E-state index is 13.5. The fourth-order valence-corrected chi connectivity index (χ4v) is 2.89. The van der Waals surface area contributed by atoms with Crippen LogP contribution in [0.25, 0.3) is 0 Å². The van der Waals surface area contributed by atoms with Gasteiger partial charge < -0.3 is 9.47 Å². The number of hydrogen-bond donors (Lipinski definition) is 0. The Hall–Kier alpha value is -2.87. The summed E-state index contributed by atoms with van der Waals surface area (Å²) in [5, 5.41) is 8.70. The number of carbonyl (C=O) groups is 1. The van der Waals surface area contributed by atoms with Crippen LogP contribution in [0, 0.1) is 23.1 Å². The van der Waals surface area contributed by atoms with E-state index in [0.717, 1.165) is 6.07 Å². The van der Waals surface area contributed by atoms with Crippen LogP contribution in [0.1, 0.15) is 41.6 Å². The molecule has 1 saturated carbocycles. The molecule has 1 aliphatic carbocycles. The van der Waals surface area contributed by atoms with Gasteiger partial charge in [0.05, 0.1) is 17.7 Å². The molecule has 0 radical (unpaired) electrons. The van der Waals surface area contributed by atoms with Crippen LogP contribution >= 0.6 is 0 Å². The minimum absolute atomic E-state index is 0.0584. The Morgan fingerprint density at radius 2 is 1.80 bits per heavy atom. The number of ether oxygens (including phenoxy) is 2. The molecule has 128 valence electrons. The minimum atomic E-state index is -0.719. The summed E-state index contributed by atoms with van der Waals surface area (Å²) in [5.74, 6) is 0.0850. The van der Waals surface area contributed by atoms with Gasteiger partial charge in [-0.2, -0.15) is 5.26 Å². The van der Waals surface area contributed by atoms with Crippen LogP contribution in [0.2, 0.25) is 0 Å². The maximum Gasteiger partial charge on any atom is 0.343 e. The van der Waals surface area contributed by atoms with E-state index in [0.29, 0.717) is 23.8 Å². The van der Waals surface area contributed by atoms with E-state index in [4.69, 9.17) is 14.7 Å². The largest absolute Gasteiger partial charge is 0.493 e. The number of esters is 1. The third kappa shape index (κ3) is 4.36. The van der Waals surface area contributed by atoms with Crippen LogP contribution in [-0.4, -0.2) is 12.6 Å². The van der Waals surface area contributed by atoms with Crippen molar-refractivity contribution in [3.63, 3.8) is 0 Å². The third-order valence-corrected chi connectivity index (χ3v) is 4.32. The minimum Gasteiger partial charge on any atom is -0.493 e. The van der Waals surface area contributed by atoms with Gasteiger partial charge in [-0.25, -0.2) is 9.18 Å². The summed E-state index contributed by atoms with van der Waals surface area (Å²) in [6.45, 7) is 0.703.